The standard InChI is InChI=1S/C9H17NO2/c1-4-5-10-8-9(2)12-7-6-11-3/h1,9-10H,5-8H2,2-3H3. The molecule has 70 valence electrons. The lowest BCUT2D eigenvalue weighted by Crippen LogP contribution is -2.27. The van der Waals surface area contributed by atoms with Crippen molar-refractivity contribution in [2.24, 2.45) is 0 Å². The fourth-order valence-electron chi connectivity index (χ4n) is 0.739. The summed E-state index contributed by atoms with van der Waals surface area (Å²) in [6.45, 7) is 4.65. The molecule has 0 aromatic rings. The molecule has 0 saturated heterocycles. The summed E-state index contributed by atoms with van der Waals surface area (Å²) in [5, 5.41) is 3.06. The van der Waals surface area contributed by atoms with Crippen LogP contribution in [0, 0.1) is 12.3 Å². The third-order valence-corrected chi connectivity index (χ3v) is 1.35. The Labute approximate surface area is 74.4 Å². The van der Waals surface area contributed by atoms with Crippen molar-refractivity contribution >= 4 is 0 Å². The molecule has 3 heteroatoms. The molecule has 0 amide bonds. The van der Waals surface area contributed by atoms with E-state index in [0.717, 1.165) is 6.54 Å². The number of methoxy groups -OCH3 is 1. The Hall–Kier alpha value is -0.560. The average Bonchev–Trinajstić information content (AvgIpc) is 2.06. The van der Waals surface area contributed by atoms with Gasteiger partial charge < -0.3 is 14.8 Å². The zero-order valence-corrected chi connectivity index (χ0v) is 7.80. The predicted octanol–water partition coefficient (Wildman–Crippen LogP) is 0.261. The number of ether oxygens (including phenoxy) is 2. The summed E-state index contributed by atoms with van der Waals surface area (Å²) in [6, 6.07) is 0. The number of hydrogen-bond donors (Lipinski definition) is 1. The smallest absolute Gasteiger partial charge is 0.0704 e. The molecule has 1 unspecified atom stereocenters. The van der Waals surface area contributed by atoms with Gasteiger partial charge in [-0.2, -0.15) is 0 Å². The Bertz CT molecular complexity index is 131. The molecule has 3 nitrogen and oxygen atoms in total. The van der Waals surface area contributed by atoms with E-state index in [1.807, 2.05) is 6.92 Å². The molecule has 0 fully saturated rings. The lowest BCUT2D eigenvalue weighted by Gasteiger charge is -2.12. The number of nitrogens with one attached hydrogen (secondary N) is 1. The maximum absolute atomic E-state index is 5.37. The molecular weight excluding hydrogens is 154 g/mol. The summed E-state index contributed by atoms with van der Waals surface area (Å²) < 4.78 is 10.2. The van der Waals surface area contributed by atoms with Gasteiger partial charge in [-0.1, -0.05) is 5.92 Å². The van der Waals surface area contributed by atoms with E-state index in [2.05, 4.69) is 11.2 Å². The molecular formula is C9H17NO2. The van der Waals surface area contributed by atoms with Crippen molar-refractivity contribution in [2.75, 3.05) is 33.4 Å². The van der Waals surface area contributed by atoms with Crippen LogP contribution < -0.4 is 5.32 Å². The Morgan fingerprint density at radius 3 is 2.83 bits per heavy atom. The highest BCUT2D eigenvalue weighted by molar-refractivity contribution is 4.86. The number of rotatable bonds is 7. The van der Waals surface area contributed by atoms with Gasteiger partial charge in [-0.25, -0.2) is 0 Å². The highest BCUT2D eigenvalue weighted by Crippen LogP contribution is 1.87. The Balaban J connectivity index is 3.11. The first-order valence-corrected chi connectivity index (χ1v) is 4.06. The molecule has 0 aromatic heterocycles. The van der Waals surface area contributed by atoms with Gasteiger partial charge in [-0.05, 0) is 6.92 Å². The second kappa shape index (κ2) is 8.54. The molecule has 0 spiro atoms. The molecule has 0 aliphatic heterocycles. The van der Waals surface area contributed by atoms with Crippen LogP contribution in [0.1, 0.15) is 6.92 Å². The highest BCUT2D eigenvalue weighted by Gasteiger charge is 1.99. The summed E-state index contributed by atoms with van der Waals surface area (Å²) in [6.07, 6.45) is 5.25. The van der Waals surface area contributed by atoms with Gasteiger partial charge in [0.05, 0.1) is 25.9 Å². The first-order chi connectivity index (χ1) is 5.81. The minimum absolute atomic E-state index is 0.188. The third-order valence-electron chi connectivity index (χ3n) is 1.35. The lowest BCUT2D eigenvalue weighted by molar-refractivity contribution is 0.0272. The summed E-state index contributed by atoms with van der Waals surface area (Å²) >= 11 is 0. The van der Waals surface area contributed by atoms with Gasteiger partial charge in [0, 0.05) is 13.7 Å². The molecule has 0 rings (SSSR count). The predicted molar refractivity (Wildman–Crippen MR) is 49.0 cm³/mol. The first kappa shape index (κ1) is 11.4. The van der Waals surface area contributed by atoms with Gasteiger partial charge in [0.25, 0.3) is 0 Å². The van der Waals surface area contributed by atoms with E-state index in [1.54, 1.807) is 7.11 Å². The zero-order valence-electron chi connectivity index (χ0n) is 7.80. The largest absolute Gasteiger partial charge is 0.382 e. The van der Waals surface area contributed by atoms with Crippen molar-refractivity contribution in [1.82, 2.24) is 5.32 Å². The van der Waals surface area contributed by atoms with Gasteiger partial charge in [-0.15, -0.1) is 6.42 Å². The minimum Gasteiger partial charge on any atom is -0.382 e. The molecule has 0 aliphatic rings. The molecule has 0 radical (unpaired) electrons. The van der Waals surface area contributed by atoms with Crippen molar-refractivity contribution in [3.8, 4) is 12.3 Å². The van der Waals surface area contributed by atoms with Crippen molar-refractivity contribution in [1.29, 1.82) is 0 Å². The van der Waals surface area contributed by atoms with Crippen LogP contribution in [0.15, 0.2) is 0 Å². The quantitative estimate of drug-likeness (QED) is 0.440. The molecule has 1 N–H and O–H groups in total. The van der Waals surface area contributed by atoms with Crippen LogP contribution in [0.2, 0.25) is 0 Å². The van der Waals surface area contributed by atoms with E-state index in [-0.39, 0.29) is 6.10 Å². The molecule has 1 atom stereocenters. The first-order valence-electron chi connectivity index (χ1n) is 4.06. The lowest BCUT2D eigenvalue weighted by atomic mass is 10.4. The van der Waals surface area contributed by atoms with Gasteiger partial charge in [0.1, 0.15) is 0 Å². The zero-order chi connectivity index (χ0) is 9.23. The van der Waals surface area contributed by atoms with E-state index >= 15 is 0 Å². The van der Waals surface area contributed by atoms with Crippen LogP contribution in [-0.4, -0.2) is 39.5 Å². The van der Waals surface area contributed by atoms with E-state index in [1.165, 1.54) is 0 Å². The number of terminal acetylenes is 1. The number of hydrogen-bond acceptors (Lipinski definition) is 3. The van der Waals surface area contributed by atoms with Gasteiger partial charge in [0.15, 0.2) is 0 Å². The maximum Gasteiger partial charge on any atom is 0.0704 e. The van der Waals surface area contributed by atoms with Crippen molar-refractivity contribution < 1.29 is 9.47 Å². The third kappa shape index (κ3) is 7.55. The molecule has 0 bridgehead atoms. The summed E-state index contributed by atoms with van der Waals surface area (Å²) in [5.41, 5.74) is 0. The summed E-state index contributed by atoms with van der Waals surface area (Å²) in [4.78, 5) is 0. The fourth-order valence-corrected chi connectivity index (χ4v) is 0.739. The molecule has 0 aliphatic carbocycles. The van der Waals surface area contributed by atoms with Crippen LogP contribution in [0.5, 0.6) is 0 Å². The topological polar surface area (TPSA) is 30.5 Å². The summed E-state index contributed by atoms with van der Waals surface area (Å²) in [7, 11) is 1.66. The van der Waals surface area contributed by atoms with Crippen molar-refractivity contribution in [3.05, 3.63) is 0 Å². The van der Waals surface area contributed by atoms with Crippen LogP contribution in [0.3, 0.4) is 0 Å². The Morgan fingerprint density at radius 2 is 2.25 bits per heavy atom. The minimum atomic E-state index is 0.188. The van der Waals surface area contributed by atoms with E-state index in [9.17, 15) is 0 Å². The van der Waals surface area contributed by atoms with Crippen LogP contribution in [0.25, 0.3) is 0 Å². The normalized spacial score (nSPS) is 12.4. The maximum atomic E-state index is 5.37. The second-order valence-corrected chi connectivity index (χ2v) is 2.51. The van der Waals surface area contributed by atoms with Gasteiger partial charge in [0.2, 0.25) is 0 Å². The Kier molecular flexibility index (Phi) is 8.14. The summed E-state index contributed by atoms with van der Waals surface area (Å²) in [5.74, 6) is 2.50. The van der Waals surface area contributed by atoms with Crippen molar-refractivity contribution in [3.63, 3.8) is 0 Å². The average molecular weight is 171 g/mol. The van der Waals surface area contributed by atoms with Crippen LogP contribution >= 0.6 is 0 Å². The van der Waals surface area contributed by atoms with Crippen LogP contribution in [0.4, 0.5) is 0 Å². The fraction of sp³-hybridized carbons (Fsp3) is 0.778. The van der Waals surface area contributed by atoms with E-state index in [4.69, 9.17) is 15.9 Å². The van der Waals surface area contributed by atoms with Gasteiger partial charge >= 0.3 is 0 Å². The van der Waals surface area contributed by atoms with E-state index < -0.39 is 0 Å². The van der Waals surface area contributed by atoms with Gasteiger partial charge in [-0.3, -0.25) is 0 Å². The van der Waals surface area contributed by atoms with Crippen LogP contribution in [-0.2, 0) is 9.47 Å². The highest BCUT2D eigenvalue weighted by atomic mass is 16.5. The van der Waals surface area contributed by atoms with E-state index in [0.29, 0.717) is 19.8 Å². The second-order valence-electron chi connectivity index (χ2n) is 2.51. The molecule has 0 heterocycles. The molecule has 0 saturated carbocycles. The monoisotopic (exact) mass is 171 g/mol. The van der Waals surface area contributed by atoms with Crippen molar-refractivity contribution in [2.45, 2.75) is 13.0 Å². The SMILES string of the molecule is C#CCNCC(C)OCCOC. The molecule has 12 heavy (non-hydrogen) atoms. The molecule has 0 aromatic carbocycles. The Morgan fingerprint density at radius 1 is 1.50 bits per heavy atom.